The third-order valence-corrected chi connectivity index (χ3v) is 3.10. The van der Waals surface area contributed by atoms with Crippen LogP contribution in [0, 0.1) is 6.92 Å². The molecule has 0 aromatic heterocycles. The van der Waals surface area contributed by atoms with Crippen LogP contribution in [0.1, 0.15) is 12.0 Å². The first-order valence-electron chi connectivity index (χ1n) is 5.29. The maximum absolute atomic E-state index is 10.9. The molecule has 0 bridgehead atoms. The Morgan fingerprint density at radius 1 is 1.44 bits per heavy atom. The normalized spacial score (nSPS) is 24.8. The van der Waals surface area contributed by atoms with Gasteiger partial charge in [0, 0.05) is 18.7 Å². The molecule has 1 unspecified atom stereocenters. The number of hydrogen-bond donors (Lipinski definition) is 2. The minimum atomic E-state index is -1.59. The van der Waals surface area contributed by atoms with Gasteiger partial charge in [0.1, 0.15) is 0 Å². The number of benzene rings is 1. The van der Waals surface area contributed by atoms with E-state index < -0.39 is 11.6 Å². The first kappa shape index (κ1) is 11.0. The number of carboxylic acids is 1. The van der Waals surface area contributed by atoms with Gasteiger partial charge in [-0.2, -0.15) is 0 Å². The molecule has 1 atom stereocenters. The second-order valence-corrected chi connectivity index (χ2v) is 4.29. The Kier molecular flexibility index (Phi) is 2.59. The number of anilines is 1. The van der Waals surface area contributed by atoms with E-state index in [9.17, 15) is 9.90 Å². The van der Waals surface area contributed by atoms with Gasteiger partial charge in [-0.25, -0.2) is 4.79 Å². The Morgan fingerprint density at radius 2 is 2.12 bits per heavy atom. The second kappa shape index (κ2) is 3.79. The van der Waals surface area contributed by atoms with Crippen LogP contribution in [0.5, 0.6) is 0 Å². The van der Waals surface area contributed by atoms with E-state index in [1.165, 1.54) is 0 Å². The Hall–Kier alpha value is -1.55. The highest BCUT2D eigenvalue weighted by atomic mass is 16.4. The molecule has 0 amide bonds. The zero-order valence-electron chi connectivity index (χ0n) is 9.18. The van der Waals surface area contributed by atoms with Gasteiger partial charge >= 0.3 is 5.97 Å². The molecule has 0 aliphatic carbocycles. The molecule has 1 saturated heterocycles. The van der Waals surface area contributed by atoms with E-state index in [0.717, 1.165) is 11.3 Å². The number of carboxylic acid groups (broad SMARTS) is 1. The third-order valence-electron chi connectivity index (χ3n) is 3.10. The molecule has 1 heterocycles. The van der Waals surface area contributed by atoms with Crippen molar-refractivity contribution in [2.24, 2.45) is 0 Å². The van der Waals surface area contributed by atoms with Crippen LogP contribution >= 0.6 is 0 Å². The highest BCUT2D eigenvalue weighted by Gasteiger charge is 2.43. The van der Waals surface area contributed by atoms with E-state index in [0.29, 0.717) is 6.54 Å². The van der Waals surface area contributed by atoms with Gasteiger partial charge < -0.3 is 15.1 Å². The monoisotopic (exact) mass is 221 g/mol. The van der Waals surface area contributed by atoms with E-state index in [1.54, 1.807) is 0 Å². The summed E-state index contributed by atoms with van der Waals surface area (Å²) in [6, 6.07) is 7.79. The molecule has 0 saturated carbocycles. The summed E-state index contributed by atoms with van der Waals surface area (Å²) >= 11 is 0. The van der Waals surface area contributed by atoms with Gasteiger partial charge in [-0.15, -0.1) is 0 Å². The van der Waals surface area contributed by atoms with E-state index >= 15 is 0 Å². The van der Waals surface area contributed by atoms with Crippen LogP contribution in [0.2, 0.25) is 0 Å². The number of para-hydroxylation sites is 1. The molecule has 0 radical (unpaired) electrons. The predicted octanol–water partition coefficient (Wildman–Crippen LogP) is 1.02. The predicted molar refractivity (Wildman–Crippen MR) is 60.6 cm³/mol. The average molecular weight is 221 g/mol. The van der Waals surface area contributed by atoms with Crippen molar-refractivity contribution in [3.63, 3.8) is 0 Å². The molecule has 4 nitrogen and oxygen atoms in total. The Labute approximate surface area is 94.1 Å². The molecule has 1 aliphatic rings. The average Bonchev–Trinajstić information content (AvgIpc) is 2.63. The zero-order valence-corrected chi connectivity index (χ0v) is 9.18. The topological polar surface area (TPSA) is 60.8 Å². The van der Waals surface area contributed by atoms with Crippen LogP contribution < -0.4 is 4.90 Å². The summed E-state index contributed by atoms with van der Waals surface area (Å²) in [5, 5.41) is 18.8. The van der Waals surface area contributed by atoms with Gasteiger partial charge in [-0.3, -0.25) is 0 Å². The number of hydrogen-bond acceptors (Lipinski definition) is 3. The summed E-state index contributed by atoms with van der Waals surface area (Å²) in [6.07, 6.45) is 0.274. The number of aliphatic carboxylic acids is 1. The van der Waals surface area contributed by atoms with Gasteiger partial charge in [0.2, 0.25) is 0 Å². The number of nitrogens with zero attached hydrogens (tertiary/aromatic N) is 1. The van der Waals surface area contributed by atoms with Crippen molar-refractivity contribution < 1.29 is 15.0 Å². The fraction of sp³-hybridized carbons (Fsp3) is 0.417. The fourth-order valence-electron chi connectivity index (χ4n) is 2.09. The zero-order chi connectivity index (χ0) is 11.8. The van der Waals surface area contributed by atoms with Gasteiger partial charge in [-0.05, 0) is 18.6 Å². The summed E-state index contributed by atoms with van der Waals surface area (Å²) < 4.78 is 0. The lowest BCUT2D eigenvalue weighted by Gasteiger charge is -2.22. The summed E-state index contributed by atoms with van der Waals surface area (Å²) in [5.41, 5.74) is 0.499. The van der Waals surface area contributed by atoms with Crippen LogP contribution in [0.15, 0.2) is 24.3 Å². The van der Waals surface area contributed by atoms with Gasteiger partial charge in [0.25, 0.3) is 0 Å². The van der Waals surface area contributed by atoms with Gasteiger partial charge in [0.15, 0.2) is 5.60 Å². The summed E-state index contributed by atoms with van der Waals surface area (Å²) in [6.45, 7) is 2.72. The molecule has 1 aromatic rings. The Balaban J connectivity index is 2.22. The lowest BCUT2D eigenvalue weighted by molar-refractivity contribution is -0.156. The molecule has 4 heteroatoms. The molecule has 1 aromatic carbocycles. The molecular formula is C12H15NO3. The lowest BCUT2D eigenvalue weighted by atomic mass is 10.0. The molecule has 86 valence electrons. The number of carbonyl (C=O) groups is 1. The highest BCUT2D eigenvalue weighted by Crippen LogP contribution is 2.28. The van der Waals surface area contributed by atoms with Gasteiger partial charge in [0.05, 0.1) is 6.54 Å². The van der Waals surface area contributed by atoms with Crippen molar-refractivity contribution in [1.82, 2.24) is 0 Å². The van der Waals surface area contributed by atoms with Crippen LogP contribution in [0.3, 0.4) is 0 Å². The van der Waals surface area contributed by atoms with E-state index in [1.807, 2.05) is 36.1 Å². The van der Waals surface area contributed by atoms with Crippen LogP contribution in [-0.2, 0) is 4.79 Å². The van der Waals surface area contributed by atoms with Crippen LogP contribution in [0.4, 0.5) is 5.69 Å². The van der Waals surface area contributed by atoms with Crippen molar-refractivity contribution in [2.45, 2.75) is 18.9 Å². The van der Waals surface area contributed by atoms with Crippen LogP contribution in [0.25, 0.3) is 0 Å². The fourth-order valence-corrected chi connectivity index (χ4v) is 2.09. The van der Waals surface area contributed by atoms with E-state index in [4.69, 9.17) is 5.11 Å². The number of rotatable bonds is 2. The molecule has 0 spiro atoms. The van der Waals surface area contributed by atoms with Crippen molar-refractivity contribution in [1.29, 1.82) is 0 Å². The minimum Gasteiger partial charge on any atom is -0.479 e. The van der Waals surface area contributed by atoms with Crippen molar-refractivity contribution >= 4 is 11.7 Å². The maximum atomic E-state index is 10.9. The van der Waals surface area contributed by atoms with Crippen molar-refractivity contribution in [2.75, 3.05) is 18.0 Å². The first-order chi connectivity index (χ1) is 7.53. The van der Waals surface area contributed by atoms with E-state index in [2.05, 4.69) is 0 Å². The molecular weight excluding hydrogens is 206 g/mol. The van der Waals surface area contributed by atoms with E-state index in [-0.39, 0.29) is 13.0 Å². The molecule has 2 rings (SSSR count). The lowest BCUT2D eigenvalue weighted by Crippen LogP contribution is -2.41. The minimum absolute atomic E-state index is 0.160. The quantitative estimate of drug-likeness (QED) is 0.782. The largest absolute Gasteiger partial charge is 0.479 e. The maximum Gasteiger partial charge on any atom is 0.337 e. The second-order valence-electron chi connectivity index (χ2n) is 4.29. The summed E-state index contributed by atoms with van der Waals surface area (Å²) in [4.78, 5) is 12.8. The first-order valence-corrected chi connectivity index (χ1v) is 5.29. The highest BCUT2D eigenvalue weighted by molar-refractivity contribution is 5.79. The van der Waals surface area contributed by atoms with Crippen LogP contribution in [-0.4, -0.2) is 34.9 Å². The van der Waals surface area contributed by atoms with Gasteiger partial charge in [-0.1, -0.05) is 18.2 Å². The molecule has 1 fully saturated rings. The summed E-state index contributed by atoms with van der Waals surface area (Å²) in [7, 11) is 0. The SMILES string of the molecule is Cc1ccccc1N1CCC(O)(C(=O)O)C1. The van der Waals surface area contributed by atoms with Crippen molar-refractivity contribution in [3.8, 4) is 0 Å². The van der Waals surface area contributed by atoms with Crippen molar-refractivity contribution in [3.05, 3.63) is 29.8 Å². The Bertz CT molecular complexity index is 418. The standard InChI is InChI=1S/C12H15NO3/c1-9-4-2-3-5-10(9)13-7-6-12(16,8-13)11(14)15/h2-5,16H,6-8H2,1H3,(H,14,15). The number of β-amino-alcohol motifs (C(OH)–C–C–N with tert-alkyl or cyclic N) is 1. The molecule has 2 N–H and O–H groups in total. The third kappa shape index (κ3) is 1.76. The molecule has 1 aliphatic heterocycles. The molecule has 16 heavy (non-hydrogen) atoms. The Morgan fingerprint density at radius 3 is 2.69 bits per heavy atom. The number of aliphatic hydroxyl groups is 1. The summed E-state index contributed by atoms with van der Waals surface area (Å²) in [5.74, 6) is -1.14. The number of aryl methyl sites for hydroxylation is 1. The smallest absolute Gasteiger partial charge is 0.337 e.